The lowest BCUT2D eigenvalue weighted by molar-refractivity contribution is 0.0733. The lowest BCUT2D eigenvalue weighted by atomic mass is 10.0. The molecule has 1 unspecified atom stereocenters. The molecule has 24 heavy (non-hydrogen) atoms. The van der Waals surface area contributed by atoms with Crippen molar-refractivity contribution in [1.82, 2.24) is 9.88 Å². The number of H-pyrrole nitrogens is 1. The predicted octanol–water partition coefficient (Wildman–Crippen LogP) is 3.43. The molecule has 0 radical (unpaired) electrons. The smallest absolute Gasteiger partial charge is 0.259 e. The van der Waals surface area contributed by atoms with Gasteiger partial charge in [-0.3, -0.25) is 9.59 Å². The van der Waals surface area contributed by atoms with Crippen LogP contribution in [0, 0.1) is 6.92 Å². The molecule has 6 heteroatoms. The molecule has 5 nitrogen and oxygen atoms in total. The maximum atomic E-state index is 12.9. The van der Waals surface area contributed by atoms with Crippen LogP contribution in [0.3, 0.4) is 0 Å². The fourth-order valence-corrected chi connectivity index (χ4v) is 3.44. The minimum absolute atomic E-state index is 0.0351. The minimum Gasteiger partial charge on any atom is -0.497 e. The van der Waals surface area contributed by atoms with Crippen LogP contribution in [-0.4, -0.2) is 29.4 Å². The Labute approximate surface area is 148 Å². The first kappa shape index (κ1) is 16.8. The van der Waals surface area contributed by atoms with Crippen molar-refractivity contribution in [3.63, 3.8) is 0 Å². The van der Waals surface area contributed by atoms with Crippen LogP contribution >= 0.6 is 15.9 Å². The third-order valence-corrected chi connectivity index (χ3v) is 5.38. The van der Waals surface area contributed by atoms with Gasteiger partial charge in [-0.05, 0) is 53.4 Å². The molecule has 126 valence electrons. The van der Waals surface area contributed by atoms with Crippen molar-refractivity contribution in [1.29, 1.82) is 0 Å². The monoisotopic (exact) mass is 390 g/mol. The first-order chi connectivity index (χ1) is 11.5. The maximum Gasteiger partial charge on any atom is 0.259 e. The van der Waals surface area contributed by atoms with Crippen molar-refractivity contribution < 1.29 is 9.53 Å². The van der Waals surface area contributed by atoms with Gasteiger partial charge in [0.05, 0.1) is 17.6 Å². The van der Waals surface area contributed by atoms with Crippen LogP contribution in [0.4, 0.5) is 0 Å². The van der Waals surface area contributed by atoms with E-state index in [1.807, 2.05) is 24.3 Å². The Morgan fingerprint density at radius 1 is 1.42 bits per heavy atom. The Morgan fingerprint density at radius 2 is 2.21 bits per heavy atom. The topological polar surface area (TPSA) is 62.4 Å². The summed E-state index contributed by atoms with van der Waals surface area (Å²) in [6, 6.07) is 7.71. The number of ether oxygens (including phenoxy) is 1. The Kier molecular flexibility index (Phi) is 4.76. The molecule has 1 aromatic heterocycles. The van der Waals surface area contributed by atoms with E-state index in [-0.39, 0.29) is 22.9 Å². The minimum atomic E-state index is -0.271. The number of halogens is 1. The fourth-order valence-electron chi connectivity index (χ4n) is 3.12. The quantitative estimate of drug-likeness (QED) is 0.872. The summed E-state index contributed by atoms with van der Waals surface area (Å²) in [7, 11) is 1.63. The molecule has 1 aliphatic heterocycles. The fraction of sp³-hybridized carbons (Fsp3) is 0.333. The van der Waals surface area contributed by atoms with Crippen molar-refractivity contribution in [2.75, 3.05) is 13.7 Å². The van der Waals surface area contributed by atoms with Gasteiger partial charge in [-0.1, -0.05) is 12.1 Å². The van der Waals surface area contributed by atoms with Gasteiger partial charge in [-0.2, -0.15) is 0 Å². The molecule has 1 atom stereocenters. The van der Waals surface area contributed by atoms with Gasteiger partial charge in [0.2, 0.25) is 5.43 Å². The highest BCUT2D eigenvalue weighted by Crippen LogP contribution is 2.34. The number of rotatable bonds is 3. The van der Waals surface area contributed by atoms with Crippen LogP contribution in [0.25, 0.3) is 0 Å². The van der Waals surface area contributed by atoms with Gasteiger partial charge in [0.15, 0.2) is 0 Å². The van der Waals surface area contributed by atoms with E-state index in [2.05, 4.69) is 20.9 Å². The number of aromatic amines is 1. The lowest BCUT2D eigenvalue weighted by Crippen LogP contribution is -2.34. The van der Waals surface area contributed by atoms with Crippen LogP contribution in [0.5, 0.6) is 5.75 Å². The first-order valence-electron chi connectivity index (χ1n) is 7.85. The molecule has 1 N–H and O–H groups in total. The van der Waals surface area contributed by atoms with Gasteiger partial charge in [0, 0.05) is 18.4 Å². The van der Waals surface area contributed by atoms with Crippen molar-refractivity contribution in [2.45, 2.75) is 25.8 Å². The molecule has 3 rings (SSSR count). The number of methoxy groups -OCH3 is 1. The average Bonchev–Trinajstić information content (AvgIpc) is 3.09. The molecule has 0 aliphatic carbocycles. The molecular formula is C18H19BrN2O3. The molecule has 2 aromatic rings. The first-order valence-corrected chi connectivity index (χ1v) is 8.65. The largest absolute Gasteiger partial charge is 0.497 e. The van der Waals surface area contributed by atoms with Crippen LogP contribution in [0.15, 0.2) is 39.7 Å². The molecule has 0 saturated carbocycles. The normalized spacial score (nSPS) is 17.1. The van der Waals surface area contributed by atoms with Crippen molar-refractivity contribution in [3.05, 3.63) is 62.0 Å². The number of likely N-dealkylation sites (tertiary alicyclic amines) is 1. The van der Waals surface area contributed by atoms with E-state index in [0.29, 0.717) is 16.7 Å². The van der Waals surface area contributed by atoms with E-state index in [9.17, 15) is 9.59 Å². The molecule has 1 aliphatic rings. The Morgan fingerprint density at radius 3 is 2.96 bits per heavy atom. The molecule has 2 heterocycles. The molecule has 0 spiro atoms. The Bertz CT molecular complexity index is 831. The zero-order valence-corrected chi connectivity index (χ0v) is 15.2. The van der Waals surface area contributed by atoms with Crippen molar-refractivity contribution >= 4 is 21.8 Å². The SMILES string of the molecule is COc1cccc(C2CCCN2C(=O)c2c[nH]c(C)c(Br)c2=O)c1. The summed E-state index contributed by atoms with van der Waals surface area (Å²) in [5.41, 5.74) is 1.64. The summed E-state index contributed by atoms with van der Waals surface area (Å²) >= 11 is 3.25. The van der Waals surface area contributed by atoms with Gasteiger partial charge in [0.1, 0.15) is 11.3 Å². The number of aryl methyl sites for hydroxylation is 1. The van der Waals surface area contributed by atoms with Crippen LogP contribution in [-0.2, 0) is 0 Å². The molecule has 1 aromatic carbocycles. The predicted molar refractivity (Wildman–Crippen MR) is 95.5 cm³/mol. The van der Waals surface area contributed by atoms with Gasteiger partial charge in [-0.15, -0.1) is 0 Å². The molecule has 1 saturated heterocycles. The highest BCUT2D eigenvalue weighted by atomic mass is 79.9. The second kappa shape index (κ2) is 6.81. The highest BCUT2D eigenvalue weighted by molar-refractivity contribution is 9.10. The number of aromatic nitrogens is 1. The number of benzene rings is 1. The van der Waals surface area contributed by atoms with Gasteiger partial charge in [0.25, 0.3) is 5.91 Å². The van der Waals surface area contributed by atoms with E-state index in [4.69, 9.17) is 4.74 Å². The molecule has 0 bridgehead atoms. The van der Waals surface area contributed by atoms with Gasteiger partial charge >= 0.3 is 0 Å². The highest BCUT2D eigenvalue weighted by Gasteiger charge is 2.32. The second-order valence-corrected chi connectivity index (χ2v) is 6.70. The third-order valence-electron chi connectivity index (χ3n) is 4.43. The number of nitrogens with zero attached hydrogens (tertiary/aromatic N) is 1. The van der Waals surface area contributed by atoms with E-state index < -0.39 is 0 Å². The van der Waals surface area contributed by atoms with Crippen molar-refractivity contribution in [2.24, 2.45) is 0 Å². The summed E-state index contributed by atoms with van der Waals surface area (Å²) < 4.78 is 5.69. The third kappa shape index (κ3) is 2.98. The number of amides is 1. The van der Waals surface area contributed by atoms with Gasteiger partial charge in [-0.25, -0.2) is 0 Å². The average molecular weight is 391 g/mol. The van der Waals surface area contributed by atoms with E-state index in [1.165, 1.54) is 6.20 Å². The lowest BCUT2D eigenvalue weighted by Gasteiger charge is -2.25. The van der Waals surface area contributed by atoms with Gasteiger partial charge < -0.3 is 14.6 Å². The summed E-state index contributed by atoms with van der Waals surface area (Å²) in [4.78, 5) is 30.1. The Hall–Kier alpha value is -2.08. The Balaban J connectivity index is 1.94. The molecule has 1 amide bonds. The second-order valence-electron chi connectivity index (χ2n) is 5.90. The number of pyridine rings is 1. The summed E-state index contributed by atoms with van der Waals surface area (Å²) in [6.45, 7) is 2.43. The number of nitrogens with one attached hydrogen (secondary N) is 1. The summed E-state index contributed by atoms with van der Waals surface area (Å²) in [5.74, 6) is 0.532. The van der Waals surface area contributed by atoms with Crippen LogP contribution in [0.2, 0.25) is 0 Å². The van der Waals surface area contributed by atoms with Crippen LogP contribution < -0.4 is 10.2 Å². The van der Waals surface area contributed by atoms with Crippen molar-refractivity contribution in [3.8, 4) is 5.75 Å². The standard InChI is InChI=1S/C18H19BrN2O3/c1-11-16(19)17(22)14(10-20-11)18(23)21-8-4-7-15(21)12-5-3-6-13(9-12)24-2/h3,5-6,9-10,15H,4,7-8H2,1-2H3,(H,20,22). The number of carbonyl (C=O) groups is 1. The number of hydrogen-bond acceptors (Lipinski definition) is 3. The summed E-state index contributed by atoms with van der Waals surface area (Å²) in [6.07, 6.45) is 3.30. The molecular weight excluding hydrogens is 372 g/mol. The van der Waals surface area contributed by atoms with E-state index in [0.717, 1.165) is 24.2 Å². The number of carbonyl (C=O) groups excluding carboxylic acids is 1. The van der Waals surface area contributed by atoms with E-state index >= 15 is 0 Å². The van der Waals surface area contributed by atoms with E-state index in [1.54, 1.807) is 18.9 Å². The zero-order chi connectivity index (χ0) is 17.3. The molecule has 1 fully saturated rings. The number of hydrogen-bond donors (Lipinski definition) is 1. The summed E-state index contributed by atoms with van der Waals surface area (Å²) in [5, 5.41) is 0. The zero-order valence-electron chi connectivity index (χ0n) is 13.6. The maximum absolute atomic E-state index is 12.9. The van der Waals surface area contributed by atoms with Crippen LogP contribution in [0.1, 0.15) is 40.5 Å².